The molecule has 3 amide bonds. The largest absolute Gasteiger partial charge is 0.332 e. The SMILES string of the molecule is O=C1C2C3C=CC(CC3)N2C(=O)N1c1ccc(Cl)cc1. The Kier molecular flexibility index (Phi) is 2.45. The average molecular weight is 289 g/mol. The number of carbonyl (C=O) groups is 2. The van der Waals surface area contributed by atoms with E-state index in [0.29, 0.717) is 10.7 Å². The van der Waals surface area contributed by atoms with E-state index in [4.69, 9.17) is 11.6 Å². The van der Waals surface area contributed by atoms with Gasteiger partial charge in [0, 0.05) is 10.9 Å². The molecule has 0 N–H and O–H groups in total. The Balaban J connectivity index is 1.75. The molecule has 2 bridgehead atoms. The maximum Gasteiger partial charge on any atom is 0.332 e. The molecule has 5 rings (SSSR count). The minimum absolute atomic E-state index is 0.0683. The number of carbonyl (C=O) groups excluding carboxylic acids is 2. The molecule has 2 fully saturated rings. The summed E-state index contributed by atoms with van der Waals surface area (Å²) < 4.78 is 0. The molecule has 20 heavy (non-hydrogen) atoms. The molecule has 4 aliphatic rings. The number of fused-ring (bicyclic) bond motifs is 1. The van der Waals surface area contributed by atoms with Crippen LogP contribution >= 0.6 is 11.6 Å². The summed E-state index contributed by atoms with van der Waals surface area (Å²) in [6.07, 6.45) is 6.08. The van der Waals surface area contributed by atoms with Crippen LogP contribution in [-0.4, -0.2) is 28.9 Å². The quantitative estimate of drug-likeness (QED) is 0.589. The third-order valence-electron chi connectivity index (χ3n) is 4.41. The number of anilines is 1. The van der Waals surface area contributed by atoms with Crippen molar-refractivity contribution in [3.63, 3.8) is 0 Å². The van der Waals surface area contributed by atoms with E-state index >= 15 is 0 Å². The number of halogens is 1. The lowest BCUT2D eigenvalue weighted by Gasteiger charge is -2.41. The van der Waals surface area contributed by atoms with E-state index in [1.807, 2.05) is 0 Å². The van der Waals surface area contributed by atoms with Gasteiger partial charge in [0.15, 0.2) is 0 Å². The van der Waals surface area contributed by atoms with Gasteiger partial charge in [-0.1, -0.05) is 23.8 Å². The molecule has 3 heterocycles. The van der Waals surface area contributed by atoms with Crippen molar-refractivity contribution in [2.24, 2.45) is 5.92 Å². The fourth-order valence-corrected chi connectivity index (χ4v) is 3.59. The van der Waals surface area contributed by atoms with Crippen LogP contribution in [0.5, 0.6) is 0 Å². The minimum atomic E-state index is -0.318. The highest BCUT2D eigenvalue weighted by Gasteiger charge is 2.54. The molecule has 5 heteroatoms. The predicted octanol–water partition coefficient (Wildman–Crippen LogP) is 2.83. The molecule has 1 aliphatic carbocycles. The van der Waals surface area contributed by atoms with Crippen molar-refractivity contribution in [1.29, 1.82) is 0 Å². The predicted molar refractivity (Wildman–Crippen MR) is 75.6 cm³/mol. The molecule has 0 saturated carbocycles. The molecule has 4 nitrogen and oxygen atoms in total. The van der Waals surface area contributed by atoms with Crippen LogP contribution in [0.3, 0.4) is 0 Å². The van der Waals surface area contributed by atoms with Crippen LogP contribution in [0.4, 0.5) is 10.5 Å². The van der Waals surface area contributed by atoms with Gasteiger partial charge in [0.1, 0.15) is 6.04 Å². The van der Waals surface area contributed by atoms with Crippen LogP contribution in [-0.2, 0) is 4.79 Å². The fourth-order valence-electron chi connectivity index (χ4n) is 3.47. The van der Waals surface area contributed by atoms with Gasteiger partial charge in [-0.25, -0.2) is 9.69 Å². The van der Waals surface area contributed by atoms with Crippen molar-refractivity contribution in [2.75, 3.05) is 4.90 Å². The summed E-state index contributed by atoms with van der Waals surface area (Å²) in [6, 6.07) is 6.36. The monoisotopic (exact) mass is 288 g/mol. The van der Waals surface area contributed by atoms with Crippen molar-refractivity contribution < 1.29 is 9.59 Å². The van der Waals surface area contributed by atoms with Crippen molar-refractivity contribution in [1.82, 2.24) is 4.90 Å². The maximum absolute atomic E-state index is 12.6. The molecular formula is C15H13ClN2O2. The Morgan fingerprint density at radius 3 is 2.40 bits per heavy atom. The molecule has 3 aliphatic heterocycles. The summed E-state index contributed by atoms with van der Waals surface area (Å²) in [7, 11) is 0. The van der Waals surface area contributed by atoms with Crippen molar-refractivity contribution in [2.45, 2.75) is 24.9 Å². The number of imide groups is 1. The standard InChI is InChI=1S/C15H13ClN2O2/c16-10-3-7-12(8-4-10)18-14(19)13-9-1-5-11(6-2-9)17(13)15(18)20/h1,3-5,7-9,11,13H,2,6H2. The number of hydrogen-bond donors (Lipinski definition) is 0. The molecule has 0 spiro atoms. The van der Waals surface area contributed by atoms with Gasteiger partial charge >= 0.3 is 6.03 Å². The molecule has 102 valence electrons. The van der Waals surface area contributed by atoms with Gasteiger partial charge in [0.25, 0.3) is 5.91 Å². The Morgan fingerprint density at radius 2 is 1.80 bits per heavy atom. The van der Waals surface area contributed by atoms with Gasteiger partial charge in [-0.05, 0) is 37.1 Å². The lowest BCUT2D eigenvalue weighted by molar-refractivity contribution is -0.122. The minimum Gasteiger partial charge on any atom is -0.305 e. The Morgan fingerprint density at radius 1 is 1.05 bits per heavy atom. The van der Waals surface area contributed by atoms with Gasteiger partial charge in [-0.15, -0.1) is 0 Å². The van der Waals surface area contributed by atoms with E-state index in [0.717, 1.165) is 12.8 Å². The second kappa shape index (κ2) is 4.09. The molecule has 0 aromatic heterocycles. The number of benzene rings is 1. The highest BCUT2D eigenvalue weighted by Crippen LogP contribution is 2.41. The fraction of sp³-hybridized carbons (Fsp3) is 0.333. The molecule has 2 saturated heterocycles. The summed E-state index contributed by atoms with van der Waals surface area (Å²) >= 11 is 5.86. The first-order valence-electron chi connectivity index (χ1n) is 6.77. The molecule has 3 atom stereocenters. The summed E-state index contributed by atoms with van der Waals surface area (Å²) in [4.78, 5) is 28.2. The van der Waals surface area contributed by atoms with Crippen LogP contribution in [0.15, 0.2) is 36.4 Å². The number of hydrogen-bond acceptors (Lipinski definition) is 2. The maximum atomic E-state index is 12.6. The first kappa shape index (κ1) is 12.0. The van der Waals surface area contributed by atoms with Crippen LogP contribution in [0.1, 0.15) is 12.8 Å². The number of piperidine rings is 1. The Bertz CT molecular complexity index is 593. The van der Waals surface area contributed by atoms with E-state index in [2.05, 4.69) is 12.2 Å². The van der Waals surface area contributed by atoms with E-state index in [1.54, 1.807) is 29.2 Å². The highest BCUT2D eigenvalue weighted by atomic mass is 35.5. The van der Waals surface area contributed by atoms with Crippen molar-refractivity contribution >= 4 is 29.2 Å². The third kappa shape index (κ3) is 1.48. The zero-order chi connectivity index (χ0) is 13.9. The van der Waals surface area contributed by atoms with Gasteiger partial charge in [-0.2, -0.15) is 0 Å². The molecule has 1 aromatic rings. The molecule has 0 radical (unpaired) electrons. The van der Waals surface area contributed by atoms with Crippen LogP contribution in [0.2, 0.25) is 5.02 Å². The lowest BCUT2D eigenvalue weighted by Crippen LogP contribution is -2.52. The number of urea groups is 1. The molecular weight excluding hydrogens is 276 g/mol. The molecule has 1 aromatic carbocycles. The number of amides is 3. The first-order valence-corrected chi connectivity index (χ1v) is 7.15. The third-order valence-corrected chi connectivity index (χ3v) is 4.66. The first-order chi connectivity index (χ1) is 9.66. The Labute approximate surface area is 121 Å². The van der Waals surface area contributed by atoms with Gasteiger partial charge in [0.05, 0.1) is 11.7 Å². The molecule has 3 unspecified atom stereocenters. The van der Waals surface area contributed by atoms with Crippen LogP contribution in [0.25, 0.3) is 0 Å². The lowest BCUT2D eigenvalue weighted by atomic mass is 9.80. The summed E-state index contributed by atoms with van der Waals surface area (Å²) in [5.41, 5.74) is 0.596. The number of nitrogens with zero attached hydrogens (tertiary/aromatic N) is 2. The van der Waals surface area contributed by atoms with E-state index in [-0.39, 0.29) is 29.9 Å². The Hall–Kier alpha value is -1.81. The number of rotatable bonds is 1. The zero-order valence-electron chi connectivity index (χ0n) is 10.7. The van der Waals surface area contributed by atoms with Gasteiger partial charge in [0.2, 0.25) is 0 Å². The van der Waals surface area contributed by atoms with Gasteiger partial charge < -0.3 is 4.90 Å². The summed E-state index contributed by atoms with van der Waals surface area (Å²) in [6.45, 7) is 0. The second-order valence-corrected chi connectivity index (χ2v) is 5.91. The highest BCUT2D eigenvalue weighted by molar-refractivity contribution is 6.30. The van der Waals surface area contributed by atoms with Crippen LogP contribution in [0, 0.1) is 5.92 Å². The summed E-state index contributed by atoms with van der Waals surface area (Å²) in [5, 5.41) is 0.590. The van der Waals surface area contributed by atoms with Crippen molar-refractivity contribution in [3.05, 3.63) is 41.4 Å². The second-order valence-electron chi connectivity index (χ2n) is 5.48. The van der Waals surface area contributed by atoms with Crippen LogP contribution < -0.4 is 4.90 Å². The smallest absolute Gasteiger partial charge is 0.305 e. The zero-order valence-corrected chi connectivity index (χ0v) is 11.5. The normalized spacial score (nSPS) is 31.1. The van der Waals surface area contributed by atoms with Crippen molar-refractivity contribution in [3.8, 4) is 0 Å². The topological polar surface area (TPSA) is 40.6 Å². The summed E-state index contributed by atoms with van der Waals surface area (Å²) in [5.74, 6) is 0.0464. The van der Waals surface area contributed by atoms with Gasteiger partial charge in [-0.3, -0.25) is 4.79 Å². The van der Waals surface area contributed by atoms with E-state index in [9.17, 15) is 9.59 Å². The van der Waals surface area contributed by atoms with E-state index < -0.39 is 0 Å². The average Bonchev–Trinajstić information content (AvgIpc) is 2.76. The van der Waals surface area contributed by atoms with E-state index in [1.165, 1.54) is 4.90 Å².